The first-order valence-corrected chi connectivity index (χ1v) is 6.21. The van der Waals surface area contributed by atoms with E-state index in [4.69, 9.17) is 23.2 Å². The minimum absolute atomic E-state index is 0.535. The summed E-state index contributed by atoms with van der Waals surface area (Å²) in [7, 11) is 0. The van der Waals surface area contributed by atoms with Crippen LogP contribution in [0.3, 0.4) is 0 Å². The van der Waals surface area contributed by atoms with Gasteiger partial charge in [-0.15, -0.1) is 23.2 Å². The van der Waals surface area contributed by atoms with E-state index in [-0.39, 0.29) is 0 Å². The highest BCUT2D eigenvalue weighted by molar-refractivity contribution is 6.17. The predicted molar refractivity (Wildman–Crippen MR) is 71.0 cm³/mol. The molecule has 0 nitrogen and oxygen atoms in total. The van der Waals surface area contributed by atoms with Crippen LogP contribution in [0.2, 0.25) is 0 Å². The van der Waals surface area contributed by atoms with Crippen LogP contribution in [0, 0.1) is 0 Å². The summed E-state index contributed by atoms with van der Waals surface area (Å²) in [5.41, 5.74) is 4.67. The standard InChI is InChI=1S/C14H12Cl2/c15-9-11-5-7-12(8-6-11)14-4-2-1-3-13(14)10-16/h1-8H,9-10H2. The first-order chi connectivity index (χ1) is 7.85. The normalized spacial score (nSPS) is 10.4. The topological polar surface area (TPSA) is 0 Å². The van der Waals surface area contributed by atoms with Gasteiger partial charge >= 0.3 is 0 Å². The van der Waals surface area contributed by atoms with Crippen molar-refractivity contribution in [2.75, 3.05) is 0 Å². The Morgan fingerprint density at radius 1 is 0.750 bits per heavy atom. The molecule has 0 unspecified atom stereocenters. The van der Waals surface area contributed by atoms with Crippen molar-refractivity contribution < 1.29 is 0 Å². The second-order valence-corrected chi connectivity index (χ2v) is 4.16. The first kappa shape index (κ1) is 11.5. The van der Waals surface area contributed by atoms with Gasteiger partial charge in [0.1, 0.15) is 0 Å². The average molecular weight is 251 g/mol. The van der Waals surface area contributed by atoms with Crippen LogP contribution in [-0.4, -0.2) is 0 Å². The zero-order valence-corrected chi connectivity index (χ0v) is 10.3. The molecule has 0 saturated carbocycles. The molecule has 0 fully saturated rings. The molecule has 0 spiro atoms. The molecule has 0 aliphatic heterocycles. The van der Waals surface area contributed by atoms with E-state index in [1.54, 1.807) is 0 Å². The number of benzene rings is 2. The lowest BCUT2D eigenvalue weighted by Gasteiger charge is -2.07. The lowest BCUT2D eigenvalue weighted by atomic mass is 10.00. The van der Waals surface area contributed by atoms with Crippen molar-refractivity contribution in [3.63, 3.8) is 0 Å². The molecule has 0 aromatic heterocycles. The zero-order valence-electron chi connectivity index (χ0n) is 8.79. The molecule has 0 radical (unpaired) electrons. The summed E-state index contributed by atoms with van der Waals surface area (Å²) < 4.78 is 0. The fourth-order valence-electron chi connectivity index (χ4n) is 1.69. The van der Waals surface area contributed by atoms with E-state index in [0.29, 0.717) is 11.8 Å². The smallest absolute Gasteiger partial charge is 0.0480 e. The third kappa shape index (κ3) is 2.40. The summed E-state index contributed by atoms with van der Waals surface area (Å²) in [4.78, 5) is 0. The molecule has 0 aliphatic carbocycles. The molecule has 2 heteroatoms. The Kier molecular flexibility index (Phi) is 3.87. The maximum absolute atomic E-state index is 5.92. The second-order valence-electron chi connectivity index (χ2n) is 3.62. The highest BCUT2D eigenvalue weighted by atomic mass is 35.5. The van der Waals surface area contributed by atoms with Gasteiger partial charge in [0, 0.05) is 11.8 Å². The maximum atomic E-state index is 5.92. The van der Waals surface area contributed by atoms with Gasteiger partial charge in [0.05, 0.1) is 0 Å². The number of alkyl halides is 2. The van der Waals surface area contributed by atoms with E-state index < -0.39 is 0 Å². The number of halogens is 2. The molecule has 0 aliphatic rings. The van der Waals surface area contributed by atoms with Gasteiger partial charge in [0.15, 0.2) is 0 Å². The largest absolute Gasteiger partial charge is 0.122 e. The summed E-state index contributed by atoms with van der Waals surface area (Å²) in [6, 6.07) is 16.5. The summed E-state index contributed by atoms with van der Waals surface area (Å²) >= 11 is 11.7. The van der Waals surface area contributed by atoms with Gasteiger partial charge in [-0.1, -0.05) is 48.5 Å². The molecule has 2 aromatic carbocycles. The fourth-order valence-corrected chi connectivity index (χ4v) is 2.10. The minimum atomic E-state index is 0.535. The van der Waals surface area contributed by atoms with Crippen molar-refractivity contribution in [1.29, 1.82) is 0 Å². The summed E-state index contributed by atoms with van der Waals surface area (Å²) in [6.45, 7) is 0. The number of rotatable bonds is 3. The number of hydrogen-bond acceptors (Lipinski definition) is 0. The van der Waals surface area contributed by atoms with Crippen LogP contribution >= 0.6 is 23.2 Å². The van der Waals surface area contributed by atoms with Crippen molar-refractivity contribution in [3.8, 4) is 11.1 Å². The van der Waals surface area contributed by atoms with Crippen molar-refractivity contribution >= 4 is 23.2 Å². The number of hydrogen-bond donors (Lipinski definition) is 0. The average Bonchev–Trinajstić information content (AvgIpc) is 2.39. The molecular formula is C14H12Cl2. The van der Waals surface area contributed by atoms with Gasteiger partial charge in [-0.05, 0) is 22.3 Å². The Morgan fingerprint density at radius 2 is 1.44 bits per heavy atom. The minimum Gasteiger partial charge on any atom is -0.122 e. The Labute approximate surface area is 106 Å². The Morgan fingerprint density at radius 3 is 2.06 bits per heavy atom. The van der Waals surface area contributed by atoms with Crippen LogP contribution in [0.15, 0.2) is 48.5 Å². The Balaban J connectivity index is 2.42. The second kappa shape index (κ2) is 5.38. The van der Waals surface area contributed by atoms with Crippen LogP contribution < -0.4 is 0 Å². The molecule has 0 saturated heterocycles. The van der Waals surface area contributed by atoms with E-state index in [1.807, 2.05) is 24.3 Å². The Bertz CT molecular complexity index is 460. The van der Waals surface area contributed by atoms with Crippen LogP contribution in [-0.2, 0) is 11.8 Å². The van der Waals surface area contributed by atoms with Gasteiger partial charge in [-0.25, -0.2) is 0 Å². The SMILES string of the molecule is ClCc1ccc(-c2ccccc2CCl)cc1. The van der Waals surface area contributed by atoms with Crippen molar-refractivity contribution in [3.05, 3.63) is 59.7 Å². The van der Waals surface area contributed by atoms with Crippen molar-refractivity contribution in [2.45, 2.75) is 11.8 Å². The van der Waals surface area contributed by atoms with Crippen molar-refractivity contribution in [2.24, 2.45) is 0 Å². The molecule has 82 valence electrons. The monoisotopic (exact) mass is 250 g/mol. The van der Waals surface area contributed by atoms with Gasteiger partial charge in [0.2, 0.25) is 0 Å². The van der Waals surface area contributed by atoms with Crippen LogP contribution in [0.5, 0.6) is 0 Å². The van der Waals surface area contributed by atoms with Crippen LogP contribution in [0.4, 0.5) is 0 Å². The first-order valence-electron chi connectivity index (χ1n) is 5.14. The van der Waals surface area contributed by atoms with E-state index in [9.17, 15) is 0 Å². The molecule has 16 heavy (non-hydrogen) atoms. The van der Waals surface area contributed by atoms with Crippen LogP contribution in [0.25, 0.3) is 11.1 Å². The highest BCUT2D eigenvalue weighted by Crippen LogP contribution is 2.25. The Hall–Kier alpha value is -0.980. The van der Waals surface area contributed by atoms with Gasteiger partial charge in [-0.2, -0.15) is 0 Å². The molecule has 0 atom stereocenters. The van der Waals surface area contributed by atoms with Crippen LogP contribution in [0.1, 0.15) is 11.1 Å². The van der Waals surface area contributed by atoms with E-state index in [1.165, 1.54) is 11.1 Å². The fraction of sp³-hybridized carbons (Fsp3) is 0.143. The quantitative estimate of drug-likeness (QED) is 0.685. The molecule has 2 rings (SSSR count). The lowest BCUT2D eigenvalue weighted by Crippen LogP contribution is -1.86. The molecular weight excluding hydrogens is 239 g/mol. The maximum Gasteiger partial charge on any atom is 0.0480 e. The van der Waals surface area contributed by atoms with E-state index >= 15 is 0 Å². The molecule has 2 aromatic rings. The summed E-state index contributed by atoms with van der Waals surface area (Å²) in [5.74, 6) is 1.09. The van der Waals surface area contributed by atoms with Crippen molar-refractivity contribution in [1.82, 2.24) is 0 Å². The summed E-state index contributed by atoms with van der Waals surface area (Å²) in [6.07, 6.45) is 0. The highest BCUT2D eigenvalue weighted by Gasteiger charge is 2.02. The predicted octanol–water partition coefficient (Wildman–Crippen LogP) is 4.83. The van der Waals surface area contributed by atoms with Gasteiger partial charge < -0.3 is 0 Å². The third-order valence-electron chi connectivity index (χ3n) is 2.58. The zero-order chi connectivity index (χ0) is 11.4. The molecule has 0 heterocycles. The van der Waals surface area contributed by atoms with Gasteiger partial charge in [0.25, 0.3) is 0 Å². The molecule has 0 amide bonds. The lowest BCUT2D eigenvalue weighted by molar-refractivity contribution is 1.37. The summed E-state index contributed by atoms with van der Waals surface area (Å²) in [5, 5.41) is 0. The van der Waals surface area contributed by atoms with E-state index in [0.717, 1.165) is 11.1 Å². The van der Waals surface area contributed by atoms with Gasteiger partial charge in [-0.3, -0.25) is 0 Å². The molecule has 0 N–H and O–H groups in total. The molecule has 0 bridgehead atoms. The third-order valence-corrected chi connectivity index (χ3v) is 3.18. The van der Waals surface area contributed by atoms with E-state index in [2.05, 4.69) is 24.3 Å².